The first-order valence-electron chi connectivity index (χ1n) is 5.74. The van der Waals surface area contributed by atoms with E-state index in [9.17, 15) is 9.18 Å². The second-order valence-electron chi connectivity index (χ2n) is 4.12. The summed E-state index contributed by atoms with van der Waals surface area (Å²) in [7, 11) is 0. The van der Waals surface area contributed by atoms with Crippen molar-refractivity contribution in [3.05, 3.63) is 64.4 Å². The number of carbonyl (C=O) groups is 1. The molecule has 2 aromatic carbocycles. The molecule has 0 heterocycles. The summed E-state index contributed by atoms with van der Waals surface area (Å²) in [5, 5.41) is 0.475. The van der Waals surface area contributed by atoms with Crippen LogP contribution in [0.4, 0.5) is 4.39 Å². The maximum absolute atomic E-state index is 13.0. The summed E-state index contributed by atoms with van der Waals surface area (Å²) in [4.78, 5) is 11.5. The first-order chi connectivity index (χ1) is 9.06. The molecule has 0 aliphatic carbocycles. The van der Waals surface area contributed by atoms with Gasteiger partial charge < -0.3 is 4.74 Å². The van der Waals surface area contributed by atoms with Gasteiger partial charge in [0.1, 0.15) is 18.2 Å². The molecule has 0 aliphatic rings. The number of benzene rings is 2. The van der Waals surface area contributed by atoms with Crippen LogP contribution in [0.15, 0.2) is 42.5 Å². The average Bonchev–Trinajstić information content (AvgIpc) is 2.37. The number of halogens is 2. The van der Waals surface area contributed by atoms with Gasteiger partial charge in [0.2, 0.25) is 0 Å². The van der Waals surface area contributed by atoms with E-state index in [-0.39, 0.29) is 18.2 Å². The molecule has 2 aromatic rings. The molecule has 2 rings (SSSR count). The Labute approximate surface area is 115 Å². The standard InChI is InChI=1S/C15H12ClFO2/c1-10(18)14-8-12(16)5-6-15(14)19-9-11-3-2-4-13(17)7-11/h2-8H,9H2,1H3. The zero-order chi connectivity index (χ0) is 13.8. The molecular formula is C15H12ClFO2. The number of hydrogen-bond donors (Lipinski definition) is 0. The fraction of sp³-hybridized carbons (Fsp3) is 0.133. The van der Waals surface area contributed by atoms with Crippen LogP contribution in [0.1, 0.15) is 22.8 Å². The molecule has 4 heteroatoms. The number of carbonyl (C=O) groups excluding carboxylic acids is 1. The van der Waals surface area contributed by atoms with E-state index in [0.29, 0.717) is 21.9 Å². The Morgan fingerprint density at radius 3 is 2.74 bits per heavy atom. The number of rotatable bonds is 4. The molecule has 0 bridgehead atoms. The number of hydrogen-bond acceptors (Lipinski definition) is 2. The van der Waals surface area contributed by atoms with Crippen molar-refractivity contribution >= 4 is 17.4 Å². The van der Waals surface area contributed by atoms with Crippen LogP contribution < -0.4 is 4.74 Å². The lowest BCUT2D eigenvalue weighted by atomic mass is 10.1. The Morgan fingerprint density at radius 1 is 1.26 bits per heavy atom. The van der Waals surface area contributed by atoms with Gasteiger partial charge in [-0.3, -0.25) is 4.79 Å². The van der Waals surface area contributed by atoms with Crippen molar-refractivity contribution in [2.75, 3.05) is 0 Å². The minimum Gasteiger partial charge on any atom is -0.488 e. The van der Waals surface area contributed by atoms with Crippen molar-refractivity contribution in [1.29, 1.82) is 0 Å². The van der Waals surface area contributed by atoms with Gasteiger partial charge in [-0.2, -0.15) is 0 Å². The number of Topliss-reactive ketones (excluding diaryl/α,β-unsaturated/α-hetero) is 1. The Bertz CT molecular complexity index is 611. The molecule has 0 fully saturated rings. The van der Waals surface area contributed by atoms with Crippen LogP contribution in [-0.2, 0) is 6.61 Å². The fourth-order valence-corrected chi connectivity index (χ4v) is 1.86. The highest BCUT2D eigenvalue weighted by molar-refractivity contribution is 6.31. The molecule has 0 amide bonds. The van der Waals surface area contributed by atoms with E-state index >= 15 is 0 Å². The van der Waals surface area contributed by atoms with Crippen molar-refractivity contribution in [3.8, 4) is 5.75 Å². The molecule has 0 spiro atoms. The summed E-state index contributed by atoms with van der Waals surface area (Å²) in [6.07, 6.45) is 0. The summed E-state index contributed by atoms with van der Waals surface area (Å²) in [5.41, 5.74) is 1.12. The minimum atomic E-state index is -0.316. The van der Waals surface area contributed by atoms with Crippen molar-refractivity contribution in [3.63, 3.8) is 0 Å². The van der Waals surface area contributed by atoms with E-state index in [1.54, 1.807) is 30.3 Å². The van der Waals surface area contributed by atoms with E-state index in [2.05, 4.69) is 0 Å². The normalized spacial score (nSPS) is 10.3. The van der Waals surface area contributed by atoms with Crippen LogP contribution >= 0.6 is 11.6 Å². The first kappa shape index (κ1) is 13.6. The fourth-order valence-electron chi connectivity index (χ4n) is 1.69. The smallest absolute Gasteiger partial charge is 0.163 e. The summed E-state index contributed by atoms with van der Waals surface area (Å²) in [6, 6.07) is 11.0. The van der Waals surface area contributed by atoms with Crippen molar-refractivity contribution in [2.45, 2.75) is 13.5 Å². The maximum atomic E-state index is 13.0. The Balaban J connectivity index is 2.17. The third-order valence-corrected chi connectivity index (χ3v) is 2.84. The Hall–Kier alpha value is -1.87. The van der Waals surface area contributed by atoms with Crippen molar-refractivity contribution in [1.82, 2.24) is 0 Å². The lowest BCUT2D eigenvalue weighted by molar-refractivity contribution is 0.101. The van der Waals surface area contributed by atoms with E-state index in [1.807, 2.05) is 0 Å². The van der Waals surface area contributed by atoms with Crippen LogP contribution in [0.3, 0.4) is 0 Å². The van der Waals surface area contributed by atoms with E-state index in [0.717, 1.165) is 0 Å². The maximum Gasteiger partial charge on any atom is 0.163 e. The number of ether oxygens (including phenoxy) is 1. The van der Waals surface area contributed by atoms with Crippen LogP contribution in [0.2, 0.25) is 5.02 Å². The molecule has 19 heavy (non-hydrogen) atoms. The van der Waals surface area contributed by atoms with Crippen LogP contribution in [0.5, 0.6) is 5.75 Å². The minimum absolute atomic E-state index is 0.128. The first-order valence-corrected chi connectivity index (χ1v) is 6.12. The topological polar surface area (TPSA) is 26.3 Å². The van der Waals surface area contributed by atoms with Gasteiger partial charge in [0.15, 0.2) is 5.78 Å². The zero-order valence-corrected chi connectivity index (χ0v) is 11.1. The van der Waals surface area contributed by atoms with Gasteiger partial charge in [-0.15, -0.1) is 0 Å². The van der Waals surface area contributed by atoms with Gasteiger partial charge >= 0.3 is 0 Å². The second-order valence-corrected chi connectivity index (χ2v) is 4.55. The predicted octanol–water partition coefficient (Wildman–Crippen LogP) is 4.26. The van der Waals surface area contributed by atoms with Gasteiger partial charge in [-0.05, 0) is 42.8 Å². The SMILES string of the molecule is CC(=O)c1cc(Cl)ccc1OCc1cccc(F)c1. The molecule has 0 N–H and O–H groups in total. The monoisotopic (exact) mass is 278 g/mol. The highest BCUT2D eigenvalue weighted by atomic mass is 35.5. The molecular weight excluding hydrogens is 267 g/mol. The van der Waals surface area contributed by atoms with Crippen LogP contribution in [-0.4, -0.2) is 5.78 Å². The molecule has 0 aliphatic heterocycles. The van der Waals surface area contributed by atoms with Gasteiger partial charge in [0, 0.05) is 5.02 Å². The molecule has 0 unspecified atom stereocenters. The molecule has 98 valence electrons. The van der Waals surface area contributed by atoms with E-state index in [1.165, 1.54) is 19.1 Å². The summed E-state index contributed by atoms with van der Waals surface area (Å²) >= 11 is 5.84. The quantitative estimate of drug-likeness (QED) is 0.781. The Morgan fingerprint density at radius 2 is 2.05 bits per heavy atom. The Kier molecular flexibility index (Phi) is 4.17. The molecule has 0 radical (unpaired) electrons. The molecule has 0 saturated carbocycles. The van der Waals surface area contributed by atoms with Crippen molar-refractivity contribution < 1.29 is 13.9 Å². The molecule has 0 atom stereocenters. The van der Waals surface area contributed by atoms with Crippen LogP contribution in [0, 0.1) is 5.82 Å². The van der Waals surface area contributed by atoms with Crippen LogP contribution in [0.25, 0.3) is 0 Å². The molecule has 2 nitrogen and oxygen atoms in total. The third-order valence-electron chi connectivity index (χ3n) is 2.60. The summed E-state index contributed by atoms with van der Waals surface area (Å²) in [5.74, 6) is 0.00176. The summed E-state index contributed by atoms with van der Waals surface area (Å²) in [6.45, 7) is 1.64. The van der Waals surface area contributed by atoms with Crippen molar-refractivity contribution in [2.24, 2.45) is 0 Å². The van der Waals surface area contributed by atoms with Gasteiger partial charge in [-0.25, -0.2) is 4.39 Å². The highest BCUT2D eigenvalue weighted by Crippen LogP contribution is 2.24. The third kappa shape index (κ3) is 3.55. The van der Waals surface area contributed by atoms with E-state index in [4.69, 9.17) is 16.3 Å². The highest BCUT2D eigenvalue weighted by Gasteiger charge is 2.09. The lowest BCUT2D eigenvalue weighted by Crippen LogP contribution is -2.01. The largest absolute Gasteiger partial charge is 0.488 e. The molecule has 0 saturated heterocycles. The number of ketones is 1. The lowest BCUT2D eigenvalue weighted by Gasteiger charge is -2.10. The second kappa shape index (κ2) is 5.85. The van der Waals surface area contributed by atoms with Gasteiger partial charge in [-0.1, -0.05) is 23.7 Å². The summed E-state index contributed by atoms with van der Waals surface area (Å²) < 4.78 is 18.6. The molecule has 0 aromatic heterocycles. The van der Waals surface area contributed by atoms with Gasteiger partial charge in [0.25, 0.3) is 0 Å². The van der Waals surface area contributed by atoms with E-state index < -0.39 is 0 Å². The van der Waals surface area contributed by atoms with Gasteiger partial charge in [0.05, 0.1) is 5.56 Å². The predicted molar refractivity (Wildman–Crippen MR) is 72.2 cm³/mol. The average molecular weight is 279 g/mol. The zero-order valence-electron chi connectivity index (χ0n) is 10.3.